The van der Waals surface area contributed by atoms with Crippen molar-refractivity contribution in [3.63, 3.8) is 0 Å². The van der Waals surface area contributed by atoms with Gasteiger partial charge in [-0.1, -0.05) is 6.92 Å². The maximum absolute atomic E-state index is 13.0. The van der Waals surface area contributed by atoms with Gasteiger partial charge in [0.25, 0.3) is 0 Å². The van der Waals surface area contributed by atoms with Gasteiger partial charge in [-0.2, -0.15) is 0 Å². The van der Waals surface area contributed by atoms with Crippen molar-refractivity contribution in [1.29, 1.82) is 0 Å². The molecule has 29 heavy (non-hydrogen) atoms. The molecule has 1 atom stereocenters. The number of likely N-dealkylation sites (N-methyl/N-ethyl adjacent to an activating group) is 1. The largest absolute Gasteiger partial charge is 0.353 e. The minimum Gasteiger partial charge on any atom is -0.353 e. The standard InChI is InChI=1S/C20H28FN5O3/c1-2-24-9-11-25(12-10-24)14-19(28)26-8-7-22-20(29)17(26)13-18(27)23-16-5-3-15(21)4-6-16/h3-6,17H,2,7-14H2,1H3,(H,22,29)(H,23,27)/t17-/m0/s1. The van der Waals surface area contributed by atoms with Gasteiger partial charge in [-0.3, -0.25) is 19.3 Å². The Hall–Kier alpha value is -2.52. The van der Waals surface area contributed by atoms with Gasteiger partial charge in [0.1, 0.15) is 11.9 Å². The molecule has 0 unspecified atom stereocenters. The number of carbonyl (C=O) groups is 3. The number of carbonyl (C=O) groups excluding carboxylic acids is 3. The van der Waals surface area contributed by atoms with Crippen LogP contribution in [0.15, 0.2) is 24.3 Å². The molecule has 2 N–H and O–H groups in total. The summed E-state index contributed by atoms with van der Waals surface area (Å²) >= 11 is 0. The van der Waals surface area contributed by atoms with E-state index in [4.69, 9.17) is 0 Å². The van der Waals surface area contributed by atoms with E-state index in [9.17, 15) is 18.8 Å². The lowest BCUT2D eigenvalue weighted by Gasteiger charge is -2.38. The van der Waals surface area contributed by atoms with E-state index >= 15 is 0 Å². The molecule has 1 aromatic carbocycles. The molecule has 1 aromatic rings. The Morgan fingerprint density at radius 3 is 2.41 bits per heavy atom. The van der Waals surface area contributed by atoms with Gasteiger partial charge in [0.15, 0.2) is 0 Å². The van der Waals surface area contributed by atoms with Crippen LogP contribution in [0, 0.1) is 5.82 Å². The van der Waals surface area contributed by atoms with Crippen molar-refractivity contribution in [3.05, 3.63) is 30.1 Å². The highest BCUT2D eigenvalue weighted by Gasteiger charge is 2.35. The molecular formula is C20H28FN5O3. The van der Waals surface area contributed by atoms with Gasteiger partial charge < -0.3 is 20.4 Å². The number of benzene rings is 1. The predicted molar refractivity (Wildman–Crippen MR) is 107 cm³/mol. The number of piperazine rings is 2. The fourth-order valence-corrected chi connectivity index (χ4v) is 3.68. The van der Waals surface area contributed by atoms with Gasteiger partial charge in [0.2, 0.25) is 17.7 Å². The van der Waals surface area contributed by atoms with Crippen LogP contribution in [0.2, 0.25) is 0 Å². The number of hydrogen-bond acceptors (Lipinski definition) is 5. The second kappa shape index (κ2) is 9.80. The number of anilines is 1. The summed E-state index contributed by atoms with van der Waals surface area (Å²) in [5.41, 5.74) is 0.444. The summed E-state index contributed by atoms with van der Waals surface area (Å²) < 4.78 is 13.0. The maximum atomic E-state index is 13.0. The number of halogens is 1. The Morgan fingerprint density at radius 2 is 1.76 bits per heavy atom. The molecule has 8 nitrogen and oxygen atoms in total. The summed E-state index contributed by atoms with van der Waals surface area (Å²) in [6.45, 7) is 7.61. The molecule has 9 heteroatoms. The van der Waals surface area contributed by atoms with Crippen LogP contribution in [0.5, 0.6) is 0 Å². The number of amides is 3. The third-order valence-electron chi connectivity index (χ3n) is 5.43. The van der Waals surface area contributed by atoms with E-state index in [2.05, 4.69) is 27.4 Å². The second-order valence-corrected chi connectivity index (χ2v) is 7.36. The molecule has 2 fully saturated rings. The lowest BCUT2D eigenvalue weighted by Crippen LogP contribution is -2.60. The maximum Gasteiger partial charge on any atom is 0.243 e. The van der Waals surface area contributed by atoms with Crippen LogP contribution in [0.4, 0.5) is 10.1 Å². The predicted octanol–water partition coefficient (Wildman–Crippen LogP) is 0.119. The van der Waals surface area contributed by atoms with Gasteiger partial charge in [0.05, 0.1) is 13.0 Å². The average molecular weight is 405 g/mol. The Balaban J connectivity index is 1.58. The highest BCUT2D eigenvalue weighted by molar-refractivity contribution is 5.97. The van der Waals surface area contributed by atoms with Crippen molar-refractivity contribution in [1.82, 2.24) is 20.0 Å². The first-order valence-electron chi connectivity index (χ1n) is 10.0. The fraction of sp³-hybridized carbons (Fsp3) is 0.550. The first-order valence-corrected chi connectivity index (χ1v) is 10.0. The topological polar surface area (TPSA) is 85.0 Å². The van der Waals surface area contributed by atoms with E-state index in [-0.39, 0.29) is 24.8 Å². The highest BCUT2D eigenvalue weighted by atomic mass is 19.1. The van der Waals surface area contributed by atoms with Crippen LogP contribution in [0.1, 0.15) is 13.3 Å². The number of nitrogens with one attached hydrogen (secondary N) is 2. The minimum atomic E-state index is -0.839. The van der Waals surface area contributed by atoms with E-state index in [1.54, 1.807) is 0 Å². The van der Waals surface area contributed by atoms with Crippen LogP contribution < -0.4 is 10.6 Å². The third-order valence-corrected chi connectivity index (χ3v) is 5.43. The molecule has 0 spiro atoms. The molecule has 0 saturated carbocycles. The smallest absolute Gasteiger partial charge is 0.243 e. The molecule has 2 heterocycles. The number of nitrogens with zero attached hydrogens (tertiary/aromatic N) is 3. The summed E-state index contributed by atoms with van der Waals surface area (Å²) in [6.07, 6.45) is -0.140. The van der Waals surface area contributed by atoms with Gasteiger partial charge in [-0.05, 0) is 30.8 Å². The summed E-state index contributed by atoms with van der Waals surface area (Å²) in [5, 5.41) is 5.38. The van der Waals surface area contributed by atoms with Crippen LogP contribution in [0.25, 0.3) is 0 Å². The summed E-state index contributed by atoms with van der Waals surface area (Å²) in [5.74, 6) is -1.25. The molecule has 3 amide bonds. The molecule has 2 aliphatic heterocycles. The first-order chi connectivity index (χ1) is 14.0. The van der Waals surface area contributed by atoms with Gasteiger partial charge in [0, 0.05) is 45.0 Å². The first kappa shape index (κ1) is 21.2. The molecule has 2 aliphatic rings. The Morgan fingerprint density at radius 1 is 1.10 bits per heavy atom. The molecule has 0 radical (unpaired) electrons. The van der Waals surface area contributed by atoms with Crippen molar-refractivity contribution < 1.29 is 18.8 Å². The SMILES string of the molecule is CCN1CCN(CC(=O)N2CCNC(=O)[C@@H]2CC(=O)Nc2ccc(F)cc2)CC1. The highest BCUT2D eigenvalue weighted by Crippen LogP contribution is 2.14. The lowest BCUT2D eigenvalue weighted by atomic mass is 10.1. The van der Waals surface area contributed by atoms with Crippen LogP contribution >= 0.6 is 0 Å². The van der Waals surface area contributed by atoms with E-state index in [0.29, 0.717) is 18.8 Å². The van der Waals surface area contributed by atoms with Crippen LogP contribution in [-0.2, 0) is 14.4 Å². The normalized spacial score (nSPS) is 21.0. The van der Waals surface area contributed by atoms with Crippen molar-refractivity contribution in [2.24, 2.45) is 0 Å². The van der Waals surface area contributed by atoms with Crippen molar-refractivity contribution in [3.8, 4) is 0 Å². The van der Waals surface area contributed by atoms with Crippen LogP contribution in [-0.4, -0.2) is 90.8 Å². The zero-order valence-corrected chi connectivity index (χ0v) is 16.7. The summed E-state index contributed by atoms with van der Waals surface area (Å²) in [4.78, 5) is 43.6. The molecule has 2 saturated heterocycles. The lowest BCUT2D eigenvalue weighted by molar-refractivity contribution is -0.145. The van der Waals surface area contributed by atoms with Crippen molar-refractivity contribution in [2.75, 3.05) is 57.7 Å². The molecule has 0 aliphatic carbocycles. The Bertz CT molecular complexity index is 734. The minimum absolute atomic E-state index is 0.135. The van der Waals surface area contributed by atoms with E-state index in [1.165, 1.54) is 29.2 Å². The van der Waals surface area contributed by atoms with E-state index in [1.807, 2.05) is 0 Å². The second-order valence-electron chi connectivity index (χ2n) is 7.36. The Kier molecular flexibility index (Phi) is 7.16. The summed E-state index contributed by atoms with van der Waals surface area (Å²) in [6, 6.07) is 4.56. The van der Waals surface area contributed by atoms with Gasteiger partial charge in [-0.25, -0.2) is 4.39 Å². The van der Waals surface area contributed by atoms with E-state index in [0.717, 1.165) is 32.7 Å². The zero-order chi connectivity index (χ0) is 20.8. The molecule has 0 aromatic heterocycles. The van der Waals surface area contributed by atoms with E-state index < -0.39 is 17.8 Å². The van der Waals surface area contributed by atoms with Gasteiger partial charge >= 0.3 is 0 Å². The zero-order valence-electron chi connectivity index (χ0n) is 16.7. The molecule has 158 valence electrons. The monoisotopic (exact) mass is 405 g/mol. The third kappa shape index (κ3) is 5.74. The number of hydrogen-bond donors (Lipinski definition) is 2. The average Bonchev–Trinajstić information content (AvgIpc) is 2.71. The van der Waals surface area contributed by atoms with Crippen molar-refractivity contribution in [2.45, 2.75) is 19.4 Å². The van der Waals surface area contributed by atoms with Gasteiger partial charge in [-0.15, -0.1) is 0 Å². The fourth-order valence-electron chi connectivity index (χ4n) is 3.68. The van der Waals surface area contributed by atoms with Crippen molar-refractivity contribution >= 4 is 23.4 Å². The molecule has 3 rings (SSSR count). The number of rotatable bonds is 6. The quantitative estimate of drug-likeness (QED) is 0.702. The Labute approximate surface area is 170 Å². The van der Waals surface area contributed by atoms with Crippen LogP contribution in [0.3, 0.4) is 0 Å². The molecule has 0 bridgehead atoms. The summed E-state index contributed by atoms with van der Waals surface area (Å²) in [7, 11) is 0. The molecular weight excluding hydrogens is 377 g/mol.